The first kappa shape index (κ1) is 19.3. The predicted octanol–water partition coefficient (Wildman–Crippen LogP) is 6.06. The number of anilines is 1. The first-order chi connectivity index (χ1) is 12.8. The molecule has 0 radical (unpaired) electrons. The standard InChI is InChI=1S/C17H10BrF4N3OS/c18-12-6-7-14(26-17(20,21)22)15(19)11(12)8-23-25-16-24-13(9-27-16)10-4-2-1-3-5-10/h1-9H,(H,24,25). The molecule has 0 bridgehead atoms. The molecule has 10 heteroatoms. The monoisotopic (exact) mass is 459 g/mol. The van der Waals surface area contributed by atoms with Crippen molar-refractivity contribution < 1.29 is 22.3 Å². The number of benzene rings is 2. The molecule has 0 saturated carbocycles. The Balaban J connectivity index is 1.75. The van der Waals surface area contributed by atoms with E-state index in [9.17, 15) is 17.6 Å². The van der Waals surface area contributed by atoms with Crippen LogP contribution >= 0.6 is 27.3 Å². The second-order valence-corrected chi connectivity index (χ2v) is 6.81. The summed E-state index contributed by atoms with van der Waals surface area (Å²) in [6, 6.07) is 11.6. The van der Waals surface area contributed by atoms with Crippen molar-refractivity contribution in [2.75, 3.05) is 5.43 Å². The maximum Gasteiger partial charge on any atom is 0.573 e. The van der Waals surface area contributed by atoms with E-state index in [4.69, 9.17) is 0 Å². The van der Waals surface area contributed by atoms with Crippen molar-refractivity contribution in [3.63, 3.8) is 0 Å². The maximum atomic E-state index is 14.2. The molecule has 1 aromatic heterocycles. The Kier molecular flexibility index (Phi) is 5.76. The summed E-state index contributed by atoms with van der Waals surface area (Å²) in [5.41, 5.74) is 4.11. The molecule has 0 saturated heterocycles. The van der Waals surface area contributed by atoms with Gasteiger partial charge in [-0.05, 0) is 12.1 Å². The number of hydrogen-bond acceptors (Lipinski definition) is 5. The minimum Gasteiger partial charge on any atom is -0.403 e. The SMILES string of the molecule is Fc1c(OC(F)(F)F)ccc(Br)c1C=NNc1nc(-c2ccccc2)cs1. The molecule has 1 N–H and O–H groups in total. The van der Waals surface area contributed by atoms with Gasteiger partial charge in [-0.1, -0.05) is 46.3 Å². The predicted molar refractivity (Wildman–Crippen MR) is 99.5 cm³/mol. The van der Waals surface area contributed by atoms with Gasteiger partial charge in [-0.2, -0.15) is 5.10 Å². The number of rotatable bonds is 5. The molecule has 140 valence electrons. The van der Waals surface area contributed by atoms with Gasteiger partial charge >= 0.3 is 6.36 Å². The molecule has 2 aromatic carbocycles. The number of halogens is 5. The summed E-state index contributed by atoms with van der Waals surface area (Å²) in [5, 5.41) is 6.11. The van der Waals surface area contributed by atoms with E-state index in [1.807, 2.05) is 35.7 Å². The van der Waals surface area contributed by atoms with E-state index in [1.54, 1.807) is 0 Å². The van der Waals surface area contributed by atoms with Gasteiger partial charge in [0.05, 0.1) is 11.9 Å². The highest BCUT2D eigenvalue weighted by atomic mass is 79.9. The molecule has 1 heterocycles. The molecule has 0 spiro atoms. The van der Waals surface area contributed by atoms with E-state index >= 15 is 0 Å². The second kappa shape index (κ2) is 8.05. The third kappa shape index (κ3) is 5.04. The Morgan fingerprint density at radius 1 is 1.15 bits per heavy atom. The number of hydrogen-bond donors (Lipinski definition) is 1. The zero-order valence-electron chi connectivity index (χ0n) is 13.3. The fourth-order valence-electron chi connectivity index (χ4n) is 2.09. The summed E-state index contributed by atoms with van der Waals surface area (Å²) in [4.78, 5) is 4.34. The molecule has 0 unspecified atom stereocenters. The van der Waals surface area contributed by atoms with Crippen molar-refractivity contribution in [3.05, 3.63) is 63.7 Å². The molecule has 0 aliphatic carbocycles. The van der Waals surface area contributed by atoms with Crippen LogP contribution in [-0.4, -0.2) is 17.6 Å². The van der Waals surface area contributed by atoms with Crippen LogP contribution in [0.4, 0.5) is 22.7 Å². The lowest BCUT2D eigenvalue weighted by atomic mass is 10.2. The summed E-state index contributed by atoms with van der Waals surface area (Å²) in [6.45, 7) is 0. The van der Waals surface area contributed by atoms with Crippen LogP contribution in [0.25, 0.3) is 11.3 Å². The lowest BCUT2D eigenvalue weighted by molar-refractivity contribution is -0.275. The Labute approximate surface area is 163 Å². The number of alkyl halides is 3. The number of nitrogens with zero attached hydrogens (tertiary/aromatic N) is 2. The van der Waals surface area contributed by atoms with E-state index in [0.717, 1.165) is 23.5 Å². The number of nitrogens with one attached hydrogen (secondary N) is 1. The van der Waals surface area contributed by atoms with E-state index in [-0.39, 0.29) is 10.0 Å². The minimum atomic E-state index is -4.99. The van der Waals surface area contributed by atoms with Crippen molar-refractivity contribution in [1.82, 2.24) is 4.98 Å². The molecule has 4 nitrogen and oxygen atoms in total. The Hall–Kier alpha value is -2.46. The van der Waals surface area contributed by atoms with Crippen molar-refractivity contribution in [2.24, 2.45) is 5.10 Å². The number of thiazole rings is 1. The van der Waals surface area contributed by atoms with E-state index in [1.165, 1.54) is 17.4 Å². The van der Waals surface area contributed by atoms with E-state index in [2.05, 4.69) is 36.2 Å². The molecule has 3 rings (SSSR count). The Bertz CT molecular complexity index is 961. The normalized spacial score (nSPS) is 11.7. The lowest BCUT2D eigenvalue weighted by Crippen LogP contribution is -2.18. The fraction of sp³-hybridized carbons (Fsp3) is 0.0588. The molecular formula is C17H10BrF4N3OS. The van der Waals surface area contributed by atoms with Crippen LogP contribution in [0.3, 0.4) is 0 Å². The van der Waals surface area contributed by atoms with Crippen LogP contribution in [-0.2, 0) is 0 Å². The summed E-state index contributed by atoms with van der Waals surface area (Å²) >= 11 is 4.36. The summed E-state index contributed by atoms with van der Waals surface area (Å²) < 4.78 is 55.1. The molecular weight excluding hydrogens is 450 g/mol. The maximum absolute atomic E-state index is 14.2. The van der Waals surface area contributed by atoms with Crippen LogP contribution in [0.5, 0.6) is 5.75 Å². The molecule has 0 aliphatic rings. The molecule has 0 amide bonds. The Morgan fingerprint density at radius 2 is 1.89 bits per heavy atom. The first-order valence-electron chi connectivity index (χ1n) is 7.37. The highest BCUT2D eigenvalue weighted by Crippen LogP contribution is 2.31. The van der Waals surface area contributed by atoms with Gasteiger partial charge in [-0.15, -0.1) is 24.5 Å². The topological polar surface area (TPSA) is 46.5 Å². The van der Waals surface area contributed by atoms with Crippen LogP contribution in [0.2, 0.25) is 0 Å². The van der Waals surface area contributed by atoms with Gasteiger partial charge in [0.15, 0.2) is 11.6 Å². The smallest absolute Gasteiger partial charge is 0.403 e. The number of ether oxygens (including phenoxy) is 1. The van der Waals surface area contributed by atoms with Gasteiger partial charge in [0.2, 0.25) is 5.13 Å². The van der Waals surface area contributed by atoms with Crippen molar-refractivity contribution >= 4 is 38.6 Å². The van der Waals surface area contributed by atoms with Crippen LogP contribution in [0.15, 0.2) is 57.4 Å². The third-order valence-electron chi connectivity index (χ3n) is 3.24. The molecule has 0 atom stereocenters. The number of hydrazone groups is 1. The van der Waals surface area contributed by atoms with Crippen LogP contribution in [0, 0.1) is 5.82 Å². The van der Waals surface area contributed by atoms with Crippen LogP contribution in [0.1, 0.15) is 5.56 Å². The van der Waals surface area contributed by atoms with Gasteiger partial charge in [0.1, 0.15) is 0 Å². The third-order valence-corrected chi connectivity index (χ3v) is 4.68. The molecule has 27 heavy (non-hydrogen) atoms. The van der Waals surface area contributed by atoms with Gasteiger partial charge in [0.25, 0.3) is 0 Å². The van der Waals surface area contributed by atoms with Crippen molar-refractivity contribution in [1.29, 1.82) is 0 Å². The second-order valence-electron chi connectivity index (χ2n) is 5.09. The van der Waals surface area contributed by atoms with E-state index in [0.29, 0.717) is 5.13 Å². The van der Waals surface area contributed by atoms with Crippen molar-refractivity contribution in [2.45, 2.75) is 6.36 Å². The van der Waals surface area contributed by atoms with Gasteiger partial charge in [0, 0.05) is 21.0 Å². The zero-order chi connectivity index (χ0) is 19.4. The first-order valence-corrected chi connectivity index (χ1v) is 9.04. The summed E-state index contributed by atoms with van der Waals surface area (Å²) in [7, 11) is 0. The Morgan fingerprint density at radius 3 is 2.59 bits per heavy atom. The van der Waals surface area contributed by atoms with Gasteiger partial charge in [-0.25, -0.2) is 9.37 Å². The quantitative estimate of drug-likeness (QED) is 0.286. The number of aromatic nitrogens is 1. The van der Waals surface area contributed by atoms with E-state index < -0.39 is 17.9 Å². The zero-order valence-corrected chi connectivity index (χ0v) is 15.7. The highest BCUT2D eigenvalue weighted by Gasteiger charge is 2.33. The minimum absolute atomic E-state index is 0.191. The molecule has 3 aromatic rings. The van der Waals surface area contributed by atoms with Gasteiger partial charge < -0.3 is 4.74 Å². The lowest BCUT2D eigenvalue weighted by Gasteiger charge is -2.11. The van der Waals surface area contributed by atoms with Gasteiger partial charge in [-0.3, -0.25) is 5.43 Å². The summed E-state index contributed by atoms with van der Waals surface area (Å²) in [5.74, 6) is -2.12. The fourth-order valence-corrected chi connectivity index (χ4v) is 3.17. The van der Waals surface area contributed by atoms with Crippen molar-refractivity contribution in [3.8, 4) is 17.0 Å². The highest BCUT2D eigenvalue weighted by molar-refractivity contribution is 9.10. The average molecular weight is 460 g/mol. The largest absolute Gasteiger partial charge is 0.573 e. The molecule has 0 aliphatic heterocycles. The molecule has 0 fully saturated rings. The van der Waals surface area contributed by atoms with Crippen LogP contribution < -0.4 is 10.2 Å². The summed E-state index contributed by atoms with van der Waals surface area (Å²) in [6.07, 6.45) is -3.94. The average Bonchev–Trinajstić information content (AvgIpc) is 3.09.